The van der Waals surface area contributed by atoms with Crippen molar-refractivity contribution in [2.45, 2.75) is 6.92 Å². The van der Waals surface area contributed by atoms with Gasteiger partial charge in [0.05, 0.1) is 11.9 Å². The molecule has 0 rings (SSSR count). The minimum Gasteiger partial charge on any atom is -0.365 e. The van der Waals surface area contributed by atoms with Crippen molar-refractivity contribution in [1.29, 1.82) is 0 Å². The fraction of sp³-hybridized carbons (Fsp3) is 0.200. The van der Waals surface area contributed by atoms with Crippen LogP contribution in [0.5, 0.6) is 0 Å². The molecule has 18 heavy (non-hydrogen) atoms. The number of rotatable bonds is 3. The Kier molecular flexibility index (Phi) is 7.55. The van der Waals surface area contributed by atoms with Gasteiger partial charge in [-0.3, -0.25) is 0 Å². The highest BCUT2D eigenvalue weighted by atomic mass is 15.5. The van der Waals surface area contributed by atoms with Crippen LogP contribution < -0.4 is 28.7 Å². The Labute approximate surface area is 101 Å². The number of guanidine groups is 2. The Bertz CT molecular complexity index is 411. The molecule has 0 aromatic carbocycles. The normalized spacial score (nSPS) is 15.1. The standard InChI is InChI=1S/C5H13N13/c1-3(12-13-4(6)14-17-8)2-10-15-5(11-7)16-18-9/h2H,7H2,1H3,(H4,6,8,13,14)(H3,9,11,15,16)/b10-2+,12-3+. The molecule has 13 heteroatoms. The van der Waals surface area contributed by atoms with Crippen LogP contribution in [-0.2, 0) is 0 Å². The van der Waals surface area contributed by atoms with Gasteiger partial charge in [-0.25, -0.2) is 5.43 Å². The Hall–Kier alpha value is -3.12. The molecule has 0 aliphatic rings. The van der Waals surface area contributed by atoms with Gasteiger partial charge < -0.3 is 23.3 Å². The van der Waals surface area contributed by atoms with Crippen molar-refractivity contribution in [2.75, 3.05) is 0 Å². The van der Waals surface area contributed by atoms with E-state index in [1.807, 2.05) is 0 Å². The Morgan fingerprint density at radius 1 is 1.06 bits per heavy atom. The summed E-state index contributed by atoms with van der Waals surface area (Å²) in [5.41, 5.74) is 7.98. The second-order valence-electron chi connectivity index (χ2n) is 2.45. The van der Waals surface area contributed by atoms with Crippen molar-refractivity contribution in [3.05, 3.63) is 0 Å². The van der Waals surface area contributed by atoms with E-state index in [0.717, 1.165) is 0 Å². The van der Waals surface area contributed by atoms with E-state index in [9.17, 15) is 0 Å². The van der Waals surface area contributed by atoms with Crippen LogP contribution in [0.25, 0.3) is 0 Å². The van der Waals surface area contributed by atoms with E-state index in [1.165, 1.54) is 6.21 Å². The second-order valence-corrected chi connectivity index (χ2v) is 2.45. The summed E-state index contributed by atoms with van der Waals surface area (Å²) in [7, 11) is 0. The van der Waals surface area contributed by atoms with Gasteiger partial charge in [-0.1, -0.05) is 20.7 Å². The van der Waals surface area contributed by atoms with Gasteiger partial charge in [0.15, 0.2) is 0 Å². The number of hydrazone groups is 2. The van der Waals surface area contributed by atoms with Crippen LogP contribution in [0, 0.1) is 0 Å². The van der Waals surface area contributed by atoms with Gasteiger partial charge in [0.25, 0.3) is 11.9 Å². The smallest absolute Gasteiger partial charge is 0.281 e. The molecule has 0 aromatic heterocycles. The highest BCUT2D eigenvalue weighted by molar-refractivity contribution is 6.29. The van der Waals surface area contributed by atoms with Crippen LogP contribution in [0.15, 0.2) is 41.1 Å². The second kappa shape index (κ2) is 9.13. The first-order valence-corrected chi connectivity index (χ1v) is 4.30. The molecule has 0 radical (unpaired) electrons. The van der Waals surface area contributed by atoms with Gasteiger partial charge in [-0.05, 0) is 6.92 Å². The molecule has 0 aromatic rings. The van der Waals surface area contributed by atoms with Crippen LogP contribution in [0.1, 0.15) is 6.92 Å². The number of nitrogens with two attached hydrogens (primary N) is 4. The summed E-state index contributed by atoms with van der Waals surface area (Å²) in [4.78, 5) is 0. The third-order valence-electron chi connectivity index (χ3n) is 1.16. The molecule has 0 unspecified atom stereocenters. The number of hydrogen-bond acceptors (Lipinski definition) is 7. The zero-order chi connectivity index (χ0) is 13.8. The number of hydrogen-bond donors (Lipinski definition) is 5. The molecule has 9 N–H and O–H groups in total. The lowest BCUT2D eigenvalue weighted by Gasteiger charge is -1.94. The first-order chi connectivity index (χ1) is 8.63. The topological polar surface area (TPSA) is 215 Å². The molecule has 0 saturated carbocycles. The molecule has 0 aliphatic carbocycles. The van der Waals surface area contributed by atoms with Gasteiger partial charge in [0, 0.05) is 0 Å². The van der Waals surface area contributed by atoms with Gasteiger partial charge in [0.2, 0.25) is 0 Å². The lowest BCUT2D eigenvalue weighted by molar-refractivity contribution is 0.950. The molecular weight excluding hydrogens is 242 g/mol. The third-order valence-corrected chi connectivity index (χ3v) is 1.16. The van der Waals surface area contributed by atoms with Crippen molar-refractivity contribution < 1.29 is 0 Å². The summed E-state index contributed by atoms with van der Waals surface area (Å²) in [5, 5.41) is 26.4. The summed E-state index contributed by atoms with van der Waals surface area (Å²) in [6.45, 7) is 1.60. The van der Waals surface area contributed by atoms with E-state index < -0.39 is 0 Å². The predicted octanol–water partition coefficient (Wildman–Crippen LogP) is -1.87. The minimum atomic E-state index is -0.195. The minimum absolute atomic E-state index is 0.0819. The number of nitrogens with one attached hydrogen (secondary N) is 1. The summed E-state index contributed by atoms with van der Waals surface area (Å²) in [5.74, 6) is 14.2. The highest BCUT2D eigenvalue weighted by Crippen LogP contribution is 1.80. The van der Waals surface area contributed by atoms with Crippen LogP contribution in [-0.4, -0.2) is 23.8 Å². The maximum absolute atomic E-state index is 5.24. The zero-order valence-electron chi connectivity index (χ0n) is 9.46. The van der Waals surface area contributed by atoms with E-state index in [-0.39, 0.29) is 11.9 Å². The van der Waals surface area contributed by atoms with Crippen molar-refractivity contribution in [3.8, 4) is 0 Å². The van der Waals surface area contributed by atoms with Crippen LogP contribution in [0.4, 0.5) is 0 Å². The van der Waals surface area contributed by atoms with Gasteiger partial charge in [-0.15, -0.1) is 10.2 Å². The van der Waals surface area contributed by atoms with Crippen molar-refractivity contribution >= 4 is 23.8 Å². The van der Waals surface area contributed by atoms with Crippen LogP contribution >= 0.6 is 0 Å². The fourth-order valence-corrected chi connectivity index (χ4v) is 0.550. The van der Waals surface area contributed by atoms with Crippen molar-refractivity contribution in [1.82, 2.24) is 5.43 Å². The highest BCUT2D eigenvalue weighted by Gasteiger charge is 1.91. The first kappa shape index (κ1) is 14.9. The van der Waals surface area contributed by atoms with E-state index in [4.69, 9.17) is 23.3 Å². The van der Waals surface area contributed by atoms with Crippen molar-refractivity contribution in [3.63, 3.8) is 0 Å². The first-order valence-electron chi connectivity index (χ1n) is 4.30. The molecule has 98 valence electrons. The average molecular weight is 255 g/mol. The van der Waals surface area contributed by atoms with E-state index in [2.05, 4.69) is 46.5 Å². The maximum atomic E-state index is 5.24. The maximum Gasteiger partial charge on any atom is 0.281 e. The Morgan fingerprint density at radius 3 is 2.28 bits per heavy atom. The molecule has 13 nitrogen and oxygen atoms in total. The predicted molar refractivity (Wildman–Crippen MR) is 66.1 cm³/mol. The fourth-order valence-electron chi connectivity index (χ4n) is 0.550. The Balaban J connectivity index is 4.44. The molecule has 0 heterocycles. The molecule has 0 bridgehead atoms. The average Bonchev–Trinajstić information content (AvgIpc) is 2.35. The van der Waals surface area contributed by atoms with Gasteiger partial charge in [-0.2, -0.15) is 10.2 Å². The van der Waals surface area contributed by atoms with Gasteiger partial charge >= 0.3 is 0 Å². The lowest BCUT2D eigenvalue weighted by Crippen LogP contribution is -2.18. The summed E-state index contributed by atoms with van der Waals surface area (Å²) in [6, 6.07) is 0. The quantitative estimate of drug-likeness (QED) is 0.128. The zero-order valence-corrected chi connectivity index (χ0v) is 9.46. The van der Waals surface area contributed by atoms with E-state index in [1.54, 1.807) is 6.92 Å². The van der Waals surface area contributed by atoms with E-state index >= 15 is 0 Å². The summed E-state index contributed by atoms with van der Waals surface area (Å²) >= 11 is 0. The SMILES string of the molecule is CC(/C=N/NC(N=NN)=NN)=N\N=C(N)N=NN. The van der Waals surface area contributed by atoms with Gasteiger partial charge in [0.1, 0.15) is 0 Å². The lowest BCUT2D eigenvalue weighted by atomic mass is 10.5. The molecular formula is C5H13N13. The molecule has 0 aliphatic heterocycles. The molecule has 0 fully saturated rings. The molecule has 0 atom stereocenters. The monoisotopic (exact) mass is 255 g/mol. The molecule has 0 spiro atoms. The van der Waals surface area contributed by atoms with Crippen molar-refractivity contribution in [2.24, 2.45) is 64.3 Å². The summed E-state index contributed by atoms with van der Waals surface area (Å²) in [6.07, 6.45) is 1.30. The largest absolute Gasteiger partial charge is 0.365 e. The molecule has 0 saturated heterocycles. The third kappa shape index (κ3) is 7.21. The van der Waals surface area contributed by atoms with Crippen LogP contribution in [0.2, 0.25) is 0 Å². The van der Waals surface area contributed by atoms with E-state index in [0.29, 0.717) is 5.71 Å². The summed E-state index contributed by atoms with van der Waals surface area (Å²) < 4.78 is 0. The number of nitrogens with zero attached hydrogens (tertiary/aromatic N) is 8. The van der Waals surface area contributed by atoms with Crippen LogP contribution in [0.3, 0.4) is 0 Å². The molecule has 0 amide bonds. The Morgan fingerprint density at radius 2 is 1.72 bits per heavy atom.